The van der Waals surface area contributed by atoms with Gasteiger partial charge in [-0.1, -0.05) is 6.07 Å². The summed E-state index contributed by atoms with van der Waals surface area (Å²) in [5.41, 5.74) is 8.53. The van der Waals surface area contributed by atoms with E-state index in [-0.39, 0.29) is 29.6 Å². The van der Waals surface area contributed by atoms with E-state index in [1.54, 1.807) is 19.4 Å². The van der Waals surface area contributed by atoms with E-state index in [1.165, 1.54) is 0 Å². The van der Waals surface area contributed by atoms with Crippen LogP contribution in [0.3, 0.4) is 0 Å². The van der Waals surface area contributed by atoms with Gasteiger partial charge in [0, 0.05) is 42.0 Å². The second-order valence-corrected chi connectivity index (χ2v) is 8.75. The maximum atomic E-state index is 12.2. The number of pyridine rings is 2. The van der Waals surface area contributed by atoms with Crippen molar-refractivity contribution in [2.24, 2.45) is 17.6 Å². The van der Waals surface area contributed by atoms with Crippen molar-refractivity contribution in [1.82, 2.24) is 15.0 Å². The third-order valence-corrected chi connectivity index (χ3v) is 6.43. The molecule has 1 aromatic carbocycles. The van der Waals surface area contributed by atoms with E-state index in [2.05, 4.69) is 20.6 Å². The van der Waals surface area contributed by atoms with E-state index in [4.69, 9.17) is 15.1 Å². The maximum Gasteiger partial charge on any atom is 0.229 e. The van der Waals surface area contributed by atoms with Crippen LogP contribution in [0.4, 0.5) is 11.6 Å². The van der Waals surface area contributed by atoms with E-state index in [1.807, 2.05) is 24.3 Å². The Labute approximate surface area is 188 Å². The largest absolute Gasteiger partial charge is 0.436 e. The molecule has 4 N–H and O–H groups in total. The van der Waals surface area contributed by atoms with Crippen LogP contribution in [0.1, 0.15) is 30.7 Å². The first-order chi connectivity index (χ1) is 16.0. The van der Waals surface area contributed by atoms with Gasteiger partial charge in [0.15, 0.2) is 5.58 Å². The van der Waals surface area contributed by atoms with Crippen LogP contribution in [0, 0.1) is 11.8 Å². The predicted octanol–water partition coefficient (Wildman–Crippen LogP) is 3.42. The van der Waals surface area contributed by atoms with Gasteiger partial charge >= 0.3 is 0 Å². The number of nitrogens with zero attached hydrogens (tertiary/aromatic N) is 3. The molecule has 3 aromatic heterocycles. The molecule has 33 heavy (non-hydrogen) atoms. The first kappa shape index (κ1) is 19.7. The Bertz CT molecular complexity index is 1440. The number of carbonyl (C=O) groups is 2. The minimum atomic E-state index is -0.263. The molecule has 0 bridgehead atoms. The molecule has 2 unspecified atom stereocenters. The van der Waals surface area contributed by atoms with Crippen LogP contribution in [0.5, 0.6) is 0 Å². The molecule has 9 nitrogen and oxygen atoms in total. The fourth-order valence-corrected chi connectivity index (χ4v) is 4.32. The lowest BCUT2D eigenvalue weighted by atomic mass is 10.1. The summed E-state index contributed by atoms with van der Waals surface area (Å²) in [7, 11) is 1.79. The number of benzene rings is 1. The van der Waals surface area contributed by atoms with Gasteiger partial charge in [-0.2, -0.15) is 0 Å². The van der Waals surface area contributed by atoms with E-state index < -0.39 is 0 Å². The molecular weight excluding hydrogens is 420 g/mol. The molecule has 0 radical (unpaired) electrons. The van der Waals surface area contributed by atoms with Crippen LogP contribution in [0.15, 0.2) is 41.1 Å². The summed E-state index contributed by atoms with van der Waals surface area (Å²) in [6.07, 6.45) is 6.01. The van der Waals surface area contributed by atoms with E-state index in [0.717, 1.165) is 35.6 Å². The van der Waals surface area contributed by atoms with Crippen molar-refractivity contribution in [1.29, 1.82) is 0 Å². The third-order valence-electron chi connectivity index (χ3n) is 6.43. The molecule has 6 rings (SSSR count). The van der Waals surface area contributed by atoms with Crippen molar-refractivity contribution >= 4 is 45.3 Å². The van der Waals surface area contributed by atoms with Crippen molar-refractivity contribution in [3.8, 4) is 11.5 Å². The summed E-state index contributed by atoms with van der Waals surface area (Å²) in [4.78, 5) is 37.3. The van der Waals surface area contributed by atoms with Gasteiger partial charge in [-0.15, -0.1) is 0 Å². The van der Waals surface area contributed by atoms with Gasteiger partial charge in [0.05, 0.1) is 5.56 Å². The van der Waals surface area contributed by atoms with Crippen LogP contribution in [0.2, 0.25) is 0 Å². The Balaban J connectivity index is 1.41. The summed E-state index contributed by atoms with van der Waals surface area (Å²) < 4.78 is 6.06. The standard InChI is InChI=1S/C24H22N6O3/c1-26-22-16-9-27-20(30-23(32)11-2-3-11)8-14(16)17(10-28-22)24-29-18-6-12(4-5-19(18)33-24)13-7-15(13)21(25)31/h4-6,8-11,13,15H,2-3,7H2,1H3,(H2,25,31)(H,26,28)(H,27,30,32). The van der Waals surface area contributed by atoms with Crippen molar-refractivity contribution in [2.45, 2.75) is 25.2 Å². The van der Waals surface area contributed by atoms with Gasteiger partial charge in [-0.25, -0.2) is 15.0 Å². The van der Waals surface area contributed by atoms with Gasteiger partial charge < -0.3 is 20.8 Å². The van der Waals surface area contributed by atoms with Crippen LogP contribution >= 0.6 is 0 Å². The highest BCUT2D eigenvalue weighted by molar-refractivity contribution is 6.03. The number of aromatic nitrogens is 3. The van der Waals surface area contributed by atoms with Gasteiger partial charge in [0.2, 0.25) is 17.7 Å². The maximum absolute atomic E-state index is 12.2. The first-order valence-electron chi connectivity index (χ1n) is 11.0. The minimum absolute atomic E-state index is 0.00460. The number of hydrogen-bond acceptors (Lipinski definition) is 7. The summed E-state index contributed by atoms with van der Waals surface area (Å²) >= 11 is 0. The van der Waals surface area contributed by atoms with Gasteiger partial charge in [0.25, 0.3) is 0 Å². The minimum Gasteiger partial charge on any atom is -0.436 e. The zero-order chi connectivity index (χ0) is 22.7. The van der Waals surface area contributed by atoms with E-state index in [9.17, 15) is 9.59 Å². The fraction of sp³-hybridized carbons (Fsp3) is 0.292. The molecular formula is C24H22N6O3. The lowest BCUT2D eigenvalue weighted by Crippen LogP contribution is -2.14. The second kappa shape index (κ2) is 7.26. The second-order valence-electron chi connectivity index (χ2n) is 8.75. The number of nitrogens with one attached hydrogen (secondary N) is 2. The SMILES string of the molecule is CNc1ncc(-c2nc3cc(C4CC4C(N)=O)ccc3o2)c2cc(NC(=O)C3CC3)ncc12. The quantitative estimate of drug-likeness (QED) is 0.416. The summed E-state index contributed by atoms with van der Waals surface area (Å²) in [5, 5.41) is 7.59. The van der Waals surface area contributed by atoms with E-state index >= 15 is 0 Å². The Morgan fingerprint density at radius 2 is 1.97 bits per heavy atom. The van der Waals surface area contributed by atoms with Crippen molar-refractivity contribution in [2.75, 3.05) is 17.7 Å². The highest BCUT2D eigenvalue weighted by Crippen LogP contribution is 2.47. The Kier molecular flexibility index (Phi) is 4.33. The lowest BCUT2D eigenvalue weighted by molar-refractivity contribution is -0.119. The fourth-order valence-electron chi connectivity index (χ4n) is 4.32. The molecule has 2 aliphatic carbocycles. The molecule has 2 amide bonds. The van der Waals surface area contributed by atoms with Gasteiger partial charge in [-0.05, 0) is 48.9 Å². The molecule has 2 aliphatic rings. The zero-order valence-corrected chi connectivity index (χ0v) is 18.0. The zero-order valence-electron chi connectivity index (χ0n) is 18.0. The number of rotatable bonds is 6. The molecule has 2 fully saturated rings. The Morgan fingerprint density at radius 3 is 2.70 bits per heavy atom. The molecule has 2 saturated carbocycles. The summed E-state index contributed by atoms with van der Waals surface area (Å²) in [6.45, 7) is 0. The smallest absolute Gasteiger partial charge is 0.229 e. The Morgan fingerprint density at radius 1 is 1.12 bits per heavy atom. The van der Waals surface area contributed by atoms with Crippen LogP contribution in [-0.2, 0) is 9.59 Å². The number of anilines is 2. The van der Waals surface area contributed by atoms with Crippen LogP contribution in [-0.4, -0.2) is 33.8 Å². The highest BCUT2D eigenvalue weighted by Gasteiger charge is 2.42. The molecule has 166 valence electrons. The van der Waals surface area contributed by atoms with Crippen molar-refractivity contribution in [3.63, 3.8) is 0 Å². The average molecular weight is 442 g/mol. The third kappa shape index (κ3) is 3.45. The molecule has 9 heteroatoms. The molecule has 0 saturated heterocycles. The van der Waals surface area contributed by atoms with Crippen molar-refractivity contribution in [3.05, 3.63) is 42.2 Å². The number of fused-ring (bicyclic) bond motifs is 2. The monoisotopic (exact) mass is 442 g/mol. The summed E-state index contributed by atoms with van der Waals surface area (Å²) in [6, 6.07) is 7.62. The topological polar surface area (TPSA) is 136 Å². The van der Waals surface area contributed by atoms with Gasteiger partial charge in [-0.3, -0.25) is 9.59 Å². The lowest BCUT2D eigenvalue weighted by Gasteiger charge is -2.10. The van der Waals surface area contributed by atoms with E-state index in [0.29, 0.717) is 34.2 Å². The van der Waals surface area contributed by atoms with Gasteiger partial charge in [0.1, 0.15) is 17.2 Å². The van der Waals surface area contributed by atoms with Crippen molar-refractivity contribution < 1.29 is 14.0 Å². The predicted molar refractivity (Wildman–Crippen MR) is 123 cm³/mol. The number of nitrogens with two attached hydrogens (primary N) is 1. The number of primary amides is 1. The van der Waals surface area contributed by atoms with Crippen LogP contribution in [0.25, 0.3) is 33.3 Å². The Hall–Kier alpha value is -4.01. The first-order valence-corrected chi connectivity index (χ1v) is 11.0. The average Bonchev–Trinajstić information content (AvgIpc) is 3.73. The van der Waals surface area contributed by atoms with Crippen LogP contribution < -0.4 is 16.4 Å². The molecule has 4 aromatic rings. The summed E-state index contributed by atoms with van der Waals surface area (Å²) in [5.74, 6) is 1.44. The molecule has 2 atom stereocenters. The number of hydrogen-bond donors (Lipinski definition) is 3. The molecule has 3 heterocycles. The number of carbonyl (C=O) groups excluding carboxylic acids is 2. The number of amides is 2. The number of oxazole rings is 1. The molecule has 0 spiro atoms. The highest BCUT2D eigenvalue weighted by atomic mass is 16.3. The normalized spacial score (nSPS) is 19.5. The molecule has 0 aliphatic heterocycles.